The molecule has 0 saturated carbocycles. The zero-order valence-corrected chi connectivity index (χ0v) is 18.3. The van der Waals surface area contributed by atoms with Gasteiger partial charge in [0.05, 0.1) is 12.2 Å². The van der Waals surface area contributed by atoms with Crippen LogP contribution in [-0.4, -0.2) is 63.7 Å². The number of carbonyl (C=O) groups is 1. The average molecular weight is 420 g/mol. The molecule has 8 nitrogen and oxygen atoms in total. The Morgan fingerprint density at radius 2 is 1.65 bits per heavy atom. The summed E-state index contributed by atoms with van der Waals surface area (Å²) in [5, 5.41) is 15.2. The van der Waals surface area contributed by atoms with Crippen molar-refractivity contribution in [3.05, 3.63) is 60.2 Å². The summed E-state index contributed by atoms with van der Waals surface area (Å²) >= 11 is 0. The molecule has 1 aromatic heterocycles. The number of carbonyl (C=O) groups excluding carboxylic acids is 1. The van der Waals surface area contributed by atoms with Crippen LogP contribution in [-0.2, 0) is 10.2 Å². The highest BCUT2D eigenvalue weighted by molar-refractivity contribution is 5.92. The molecular formula is C23H29N7O. The van der Waals surface area contributed by atoms with Crippen molar-refractivity contribution in [2.24, 2.45) is 0 Å². The van der Waals surface area contributed by atoms with E-state index in [1.54, 1.807) is 4.68 Å². The van der Waals surface area contributed by atoms with Gasteiger partial charge < -0.3 is 10.2 Å². The molecule has 2 aromatic carbocycles. The normalized spacial score (nSPS) is 15.1. The second-order valence-corrected chi connectivity index (χ2v) is 8.86. The SMILES string of the molecule is CC(C)(C)c1ccc(NC(=O)CN2CCN(c3nnnn3-c3ccccc3)CC2)cc1. The molecule has 2 heterocycles. The van der Waals surface area contributed by atoms with Crippen molar-refractivity contribution in [1.82, 2.24) is 25.1 Å². The quantitative estimate of drug-likeness (QED) is 0.685. The summed E-state index contributed by atoms with van der Waals surface area (Å²) in [5.41, 5.74) is 3.11. The van der Waals surface area contributed by atoms with Crippen LogP contribution < -0.4 is 10.2 Å². The van der Waals surface area contributed by atoms with E-state index in [1.807, 2.05) is 42.5 Å². The monoisotopic (exact) mass is 419 g/mol. The van der Waals surface area contributed by atoms with E-state index >= 15 is 0 Å². The highest BCUT2D eigenvalue weighted by Crippen LogP contribution is 2.23. The summed E-state index contributed by atoms with van der Waals surface area (Å²) in [4.78, 5) is 16.8. The molecule has 4 rings (SSSR count). The number of nitrogens with one attached hydrogen (secondary N) is 1. The Bertz CT molecular complexity index is 1000. The minimum Gasteiger partial charge on any atom is -0.337 e. The fourth-order valence-electron chi connectivity index (χ4n) is 3.68. The van der Waals surface area contributed by atoms with Gasteiger partial charge in [-0.05, 0) is 45.7 Å². The molecule has 3 aromatic rings. The second-order valence-electron chi connectivity index (χ2n) is 8.86. The third-order valence-corrected chi connectivity index (χ3v) is 5.51. The highest BCUT2D eigenvalue weighted by Gasteiger charge is 2.23. The molecule has 1 saturated heterocycles. The number of piperazine rings is 1. The van der Waals surface area contributed by atoms with Crippen molar-refractivity contribution in [2.45, 2.75) is 26.2 Å². The maximum atomic E-state index is 12.5. The van der Waals surface area contributed by atoms with Gasteiger partial charge in [0.15, 0.2) is 0 Å². The molecule has 1 amide bonds. The molecular weight excluding hydrogens is 390 g/mol. The van der Waals surface area contributed by atoms with Gasteiger partial charge >= 0.3 is 0 Å². The number of tetrazole rings is 1. The first-order valence-corrected chi connectivity index (χ1v) is 10.6. The Balaban J connectivity index is 1.30. The maximum absolute atomic E-state index is 12.5. The van der Waals surface area contributed by atoms with Gasteiger partial charge in [-0.2, -0.15) is 4.68 Å². The maximum Gasteiger partial charge on any atom is 0.250 e. The molecule has 31 heavy (non-hydrogen) atoms. The predicted molar refractivity (Wildman–Crippen MR) is 122 cm³/mol. The predicted octanol–water partition coefficient (Wildman–Crippen LogP) is 2.72. The minimum atomic E-state index is 0.00563. The van der Waals surface area contributed by atoms with Crippen molar-refractivity contribution in [3.8, 4) is 5.69 Å². The molecule has 1 aliphatic rings. The smallest absolute Gasteiger partial charge is 0.250 e. The van der Waals surface area contributed by atoms with Crippen molar-refractivity contribution in [2.75, 3.05) is 42.9 Å². The lowest BCUT2D eigenvalue weighted by atomic mass is 9.87. The van der Waals surface area contributed by atoms with Crippen LogP contribution in [0.4, 0.5) is 11.6 Å². The van der Waals surface area contributed by atoms with E-state index in [0.29, 0.717) is 6.54 Å². The fourth-order valence-corrected chi connectivity index (χ4v) is 3.68. The number of benzene rings is 2. The van der Waals surface area contributed by atoms with Gasteiger partial charge in [-0.15, -0.1) is 0 Å². The number of hydrogen-bond donors (Lipinski definition) is 1. The second kappa shape index (κ2) is 8.85. The van der Waals surface area contributed by atoms with Gasteiger partial charge in [-0.25, -0.2) is 0 Å². The van der Waals surface area contributed by atoms with Gasteiger partial charge in [-0.3, -0.25) is 9.69 Å². The molecule has 8 heteroatoms. The molecule has 0 spiro atoms. The molecule has 1 aliphatic heterocycles. The van der Waals surface area contributed by atoms with E-state index in [4.69, 9.17) is 0 Å². The number of anilines is 2. The number of nitrogens with zero attached hydrogens (tertiary/aromatic N) is 6. The van der Waals surface area contributed by atoms with E-state index < -0.39 is 0 Å². The molecule has 0 radical (unpaired) electrons. The van der Waals surface area contributed by atoms with Crippen LogP contribution in [0.1, 0.15) is 26.3 Å². The minimum absolute atomic E-state index is 0.00563. The summed E-state index contributed by atoms with van der Waals surface area (Å²) in [7, 11) is 0. The molecule has 0 atom stereocenters. The lowest BCUT2D eigenvalue weighted by Crippen LogP contribution is -2.49. The Hall–Kier alpha value is -3.26. The fraction of sp³-hybridized carbons (Fsp3) is 0.391. The molecule has 0 bridgehead atoms. The summed E-state index contributed by atoms with van der Waals surface area (Å²) in [5.74, 6) is 0.736. The number of aromatic nitrogens is 4. The Morgan fingerprint density at radius 3 is 2.29 bits per heavy atom. The lowest BCUT2D eigenvalue weighted by Gasteiger charge is -2.34. The number of para-hydroxylation sites is 1. The van der Waals surface area contributed by atoms with Crippen LogP contribution in [0.3, 0.4) is 0 Å². The topological polar surface area (TPSA) is 79.2 Å². The van der Waals surface area contributed by atoms with Crippen LogP contribution in [0.5, 0.6) is 0 Å². The zero-order valence-electron chi connectivity index (χ0n) is 18.3. The van der Waals surface area contributed by atoms with E-state index in [9.17, 15) is 4.79 Å². The van der Waals surface area contributed by atoms with Crippen molar-refractivity contribution in [3.63, 3.8) is 0 Å². The number of amides is 1. The Kier molecular flexibility index (Phi) is 5.99. The van der Waals surface area contributed by atoms with E-state index in [0.717, 1.165) is 43.5 Å². The van der Waals surface area contributed by atoms with Gasteiger partial charge in [-0.1, -0.05) is 56.2 Å². The number of hydrogen-bond acceptors (Lipinski definition) is 6. The molecule has 0 aliphatic carbocycles. The third-order valence-electron chi connectivity index (χ3n) is 5.51. The van der Waals surface area contributed by atoms with E-state index in [1.165, 1.54) is 5.56 Å². The summed E-state index contributed by atoms with van der Waals surface area (Å²) in [6, 6.07) is 18.0. The van der Waals surface area contributed by atoms with Crippen LogP contribution in [0, 0.1) is 0 Å². The first-order valence-electron chi connectivity index (χ1n) is 10.6. The van der Waals surface area contributed by atoms with Gasteiger partial charge in [0.2, 0.25) is 11.9 Å². The summed E-state index contributed by atoms with van der Waals surface area (Å²) in [6.45, 7) is 9.99. The molecule has 1 fully saturated rings. The number of rotatable bonds is 5. The third kappa shape index (κ3) is 5.08. The molecule has 162 valence electrons. The Labute approximate surface area is 182 Å². The summed E-state index contributed by atoms with van der Waals surface area (Å²) in [6.07, 6.45) is 0. The Morgan fingerprint density at radius 1 is 0.968 bits per heavy atom. The van der Waals surface area contributed by atoms with Gasteiger partial charge in [0.25, 0.3) is 0 Å². The van der Waals surface area contributed by atoms with Crippen molar-refractivity contribution in [1.29, 1.82) is 0 Å². The lowest BCUT2D eigenvalue weighted by molar-refractivity contribution is -0.117. The van der Waals surface area contributed by atoms with Crippen LogP contribution in [0.25, 0.3) is 5.69 Å². The zero-order chi connectivity index (χ0) is 21.8. The summed E-state index contributed by atoms with van der Waals surface area (Å²) < 4.78 is 1.75. The largest absolute Gasteiger partial charge is 0.337 e. The standard InChI is InChI=1S/C23H29N7O/c1-23(2,3)18-9-11-19(12-10-18)24-21(31)17-28-13-15-29(16-14-28)22-25-26-27-30(22)20-7-5-4-6-8-20/h4-12H,13-17H2,1-3H3,(H,24,31). The molecule has 0 unspecified atom stereocenters. The van der Waals surface area contributed by atoms with Gasteiger partial charge in [0.1, 0.15) is 0 Å². The average Bonchev–Trinajstić information content (AvgIpc) is 3.24. The van der Waals surface area contributed by atoms with Gasteiger partial charge in [0, 0.05) is 31.9 Å². The van der Waals surface area contributed by atoms with Crippen molar-refractivity contribution < 1.29 is 4.79 Å². The first kappa shape index (κ1) is 21.0. The van der Waals surface area contributed by atoms with E-state index in [-0.39, 0.29) is 11.3 Å². The highest BCUT2D eigenvalue weighted by atomic mass is 16.2. The van der Waals surface area contributed by atoms with Crippen LogP contribution >= 0.6 is 0 Å². The van der Waals surface area contributed by atoms with Crippen molar-refractivity contribution >= 4 is 17.5 Å². The van der Waals surface area contributed by atoms with Crippen LogP contribution in [0.15, 0.2) is 54.6 Å². The first-order chi connectivity index (χ1) is 14.9. The van der Waals surface area contributed by atoms with E-state index in [2.05, 4.69) is 63.5 Å². The van der Waals surface area contributed by atoms with Crippen LogP contribution in [0.2, 0.25) is 0 Å². The molecule has 1 N–H and O–H groups in total.